The summed E-state index contributed by atoms with van der Waals surface area (Å²) in [7, 11) is 0. The first kappa shape index (κ1) is 20.7. The minimum Gasteiger partial charge on any atom is -0.469 e. The number of nitrogens with zero attached hydrogens (tertiary/aromatic N) is 4. The van der Waals surface area contributed by atoms with Crippen molar-refractivity contribution in [3.05, 3.63) is 24.2 Å². The van der Waals surface area contributed by atoms with Crippen LogP contribution in [0, 0.1) is 0 Å². The maximum absolute atomic E-state index is 12.7. The summed E-state index contributed by atoms with van der Waals surface area (Å²) in [6, 6.07) is 3.90. The summed E-state index contributed by atoms with van der Waals surface area (Å²) in [5.41, 5.74) is 0. The van der Waals surface area contributed by atoms with Gasteiger partial charge in [0.1, 0.15) is 5.76 Å². The van der Waals surface area contributed by atoms with Crippen molar-refractivity contribution < 1.29 is 9.21 Å². The average Bonchev–Trinajstić information content (AvgIpc) is 3.44. The molecule has 0 aliphatic carbocycles. The smallest absolute Gasteiger partial charge is 0.239 e. The Bertz CT molecular complexity index is 617. The molecule has 0 saturated carbocycles. The van der Waals surface area contributed by atoms with Gasteiger partial charge >= 0.3 is 0 Å². The number of amides is 1. The fraction of sp³-hybridized carbons (Fsp3) is 0.714. The molecule has 1 unspecified atom stereocenters. The summed E-state index contributed by atoms with van der Waals surface area (Å²) in [6.07, 6.45) is 5.88. The number of rotatable bonds is 7. The van der Waals surface area contributed by atoms with Crippen LogP contribution in [0.25, 0.3) is 0 Å². The van der Waals surface area contributed by atoms with Crippen LogP contribution in [-0.4, -0.2) is 85.0 Å². The molecule has 0 aromatic carbocycles. The average molecular weight is 390 g/mol. The number of likely N-dealkylation sites (tertiary alicyclic amines) is 1. The maximum atomic E-state index is 12.7. The molecule has 1 aromatic rings. The number of carbonyl (C=O) groups is 1. The Morgan fingerprint density at radius 1 is 1.18 bits per heavy atom. The van der Waals surface area contributed by atoms with Crippen LogP contribution in [0.5, 0.6) is 0 Å². The molecule has 1 N–H and O–H groups in total. The molecule has 7 heteroatoms. The second kappa shape index (κ2) is 10.5. The van der Waals surface area contributed by atoms with Crippen molar-refractivity contribution in [2.24, 2.45) is 4.99 Å². The Morgan fingerprint density at radius 2 is 1.93 bits per heavy atom. The second-order valence-corrected chi connectivity index (χ2v) is 7.69. The van der Waals surface area contributed by atoms with Gasteiger partial charge in [-0.1, -0.05) is 6.92 Å². The van der Waals surface area contributed by atoms with E-state index in [0.717, 1.165) is 89.8 Å². The van der Waals surface area contributed by atoms with Gasteiger partial charge in [-0.05, 0) is 38.3 Å². The molecule has 1 aromatic heterocycles. The third-order valence-electron chi connectivity index (χ3n) is 5.66. The molecular weight excluding hydrogens is 354 g/mol. The SMILES string of the molecule is CCCN=C(NCCc1ccco1)N1CCN(C(C)C(=O)N2CCCC2)CC1. The predicted molar refractivity (Wildman–Crippen MR) is 111 cm³/mol. The molecule has 0 spiro atoms. The molecular formula is C21H35N5O2. The number of nitrogens with one attached hydrogen (secondary N) is 1. The zero-order chi connectivity index (χ0) is 19.8. The normalized spacial score (nSPS) is 19.9. The van der Waals surface area contributed by atoms with Gasteiger partial charge in [0.15, 0.2) is 5.96 Å². The number of piperazine rings is 1. The van der Waals surface area contributed by atoms with Gasteiger partial charge in [0, 0.05) is 58.8 Å². The van der Waals surface area contributed by atoms with Crippen molar-refractivity contribution in [3.8, 4) is 0 Å². The van der Waals surface area contributed by atoms with Crippen molar-refractivity contribution in [2.45, 2.75) is 45.6 Å². The van der Waals surface area contributed by atoms with Crippen molar-refractivity contribution in [1.82, 2.24) is 20.0 Å². The Balaban J connectivity index is 1.48. The maximum Gasteiger partial charge on any atom is 0.239 e. The predicted octanol–water partition coefficient (Wildman–Crippen LogP) is 1.81. The van der Waals surface area contributed by atoms with Gasteiger partial charge in [0.25, 0.3) is 0 Å². The Labute approximate surface area is 168 Å². The van der Waals surface area contributed by atoms with Gasteiger partial charge in [0.2, 0.25) is 5.91 Å². The quantitative estimate of drug-likeness (QED) is 0.569. The van der Waals surface area contributed by atoms with Crippen molar-refractivity contribution in [3.63, 3.8) is 0 Å². The molecule has 2 saturated heterocycles. The number of hydrogen-bond donors (Lipinski definition) is 1. The van der Waals surface area contributed by atoms with E-state index in [1.807, 2.05) is 17.0 Å². The molecule has 28 heavy (non-hydrogen) atoms. The van der Waals surface area contributed by atoms with Crippen LogP contribution >= 0.6 is 0 Å². The van der Waals surface area contributed by atoms with E-state index in [4.69, 9.17) is 9.41 Å². The third kappa shape index (κ3) is 5.50. The van der Waals surface area contributed by atoms with E-state index in [0.29, 0.717) is 5.91 Å². The molecule has 156 valence electrons. The molecule has 0 radical (unpaired) electrons. The lowest BCUT2D eigenvalue weighted by atomic mass is 10.2. The molecule has 3 rings (SSSR count). The van der Waals surface area contributed by atoms with Crippen LogP contribution in [-0.2, 0) is 11.2 Å². The zero-order valence-electron chi connectivity index (χ0n) is 17.4. The van der Waals surface area contributed by atoms with Crippen LogP contribution in [0.4, 0.5) is 0 Å². The van der Waals surface area contributed by atoms with E-state index in [9.17, 15) is 4.79 Å². The molecule has 1 amide bonds. The summed E-state index contributed by atoms with van der Waals surface area (Å²) >= 11 is 0. The van der Waals surface area contributed by atoms with E-state index in [2.05, 4.69) is 29.0 Å². The monoisotopic (exact) mass is 389 g/mol. The number of furan rings is 1. The van der Waals surface area contributed by atoms with Crippen LogP contribution < -0.4 is 5.32 Å². The highest BCUT2D eigenvalue weighted by Crippen LogP contribution is 2.14. The molecule has 0 bridgehead atoms. The Kier molecular flexibility index (Phi) is 7.77. The first-order valence-corrected chi connectivity index (χ1v) is 10.8. The summed E-state index contributed by atoms with van der Waals surface area (Å²) in [5, 5.41) is 3.50. The molecule has 3 heterocycles. The molecule has 2 fully saturated rings. The van der Waals surface area contributed by atoms with Gasteiger partial charge in [-0.3, -0.25) is 14.7 Å². The van der Waals surface area contributed by atoms with Crippen LogP contribution in [0.15, 0.2) is 27.8 Å². The minimum absolute atomic E-state index is 0.0248. The Hall–Kier alpha value is -2.02. The van der Waals surface area contributed by atoms with E-state index in [-0.39, 0.29) is 6.04 Å². The number of hydrogen-bond acceptors (Lipinski definition) is 4. The standard InChI is InChI=1S/C21H35N5O2/c1-3-9-22-21(23-10-8-19-7-6-17-28-19)26-15-13-24(14-16-26)18(2)20(27)25-11-4-5-12-25/h6-7,17-18H,3-5,8-16H2,1-2H3,(H,22,23). The highest BCUT2D eigenvalue weighted by atomic mass is 16.3. The summed E-state index contributed by atoms with van der Waals surface area (Å²) in [5.74, 6) is 2.26. The first-order valence-electron chi connectivity index (χ1n) is 10.8. The van der Waals surface area contributed by atoms with E-state index in [1.54, 1.807) is 6.26 Å². The number of guanidine groups is 1. The molecule has 2 aliphatic rings. The van der Waals surface area contributed by atoms with Crippen LogP contribution in [0.3, 0.4) is 0 Å². The lowest BCUT2D eigenvalue weighted by Crippen LogP contribution is -2.57. The van der Waals surface area contributed by atoms with E-state index >= 15 is 0 Å². The summed E-state index contributed by atoms with van der Waals surface area (Å²) in [4.78, 5) is 24.1. The molecule has 7 nitrogen and oxygen atoms in total. The van der Waals surface area contributed by atoms with Crippen LogP contribution in [0.2, 0.25) is 0 Å². The van der Waals surface area contributed by atoms with Crippen LogP contribution in [0.1, 0.15) is 38.9 Å². The first-order chi connectivity index (χ1) is 13.7. The highest BCUT2D eigenvalue weighted by molar-refractivity contribution is 5.82. The van der Waals surface area contributed by atoms with Gasteiger partial charge in [0.05, 0.1) is 12.3 Å². The second-order valence-electron chi connectivity index (χ2n) is 7.69. The molecule has 1 atom stereocenters. The van der Waals surface area contributed by atoms with E-state index in [1.165, 1.54) is 0 Å². The summed E-state index contributed by atoms with van der Waals surface area (Å²) < 4.78 is 5.41. The summed E-state index contributed by atoms with van der Waals surface area (Å²) in [6.45, 7) is 11.3. The zero-order valence-corrected chi connectivity index (χ0v) is 17.4. The van der Waals surface area contributed by atoms with Gasteiger partial charge in [-0.2, -0.15) is 0 Å². The highest BCUT2D eigenvalue weighted by Gasteiger charge is 2.30. The van der Waals surface area contributed by atoms with Crippen molar-refractivity contribution in [2.75, 3.05) is 52.4 Å². The Morgan fingerprint density at radius 3 is 2.57 bits per heavy atom. The van der Waals surface area contributed by atoms with Gasteiger partial charge in [-0.25, -0.2) is 0 Å². The molecule has 2 aliphatic heterocycles. The minimum atomic E-state index is -0.0248. The largest absolute Gasteiger partial charge is 0.469 e. The fourth-order valence-electron chi connectivity index (χ4n) is 3.92. The van der Waals surface area contributed by atoms with Gasteiger partial charge < -0.3 is 19.5 Å². The van der Waals surface area contributed by atoms with E-state index < -0.39 is 0 Å². The topological polar surface area (TPSA) is 64.3 Å². The number of carbonyl (C=O) groups excluding carboxylic acids is 1. The number of aliphatic imine (C=N–C) groups is 1. The lowest BCUT2D eigenvalue weighted by Gasteiger charge is -2.39. The van der Waals surface area contributed by atoms with Crippen molar-refractivity contribution in [1.29, 1.82) is 0 Å². The lowest BCUT2D eigenvalue weighted by molar-refractivity contribution is -0.135. The third-order valence-corrected chi connectivity index (χ3v) is 5.66. The van der Waals surface area contributed by atoms with Gasteiger partial charge in [-0.15, -0.1) is 0 Å². The van der Waals surface area contributed by atoms with Crippen molar-refractivity contribution >= 4 is 11.9 Å². The fourth-order valence-corrected chi connectivity index (χ4v) is 3.92.